The van der Waals surface area contributed by atoms with Crippen LogP contribution in [0.5, 0.6) is 0 Å². The highest BCUT2D eigenvalue weighted by molar-refractivity contribution is 5.53. The molecule has 0 unspecified atom stereocenters. The zero-order chi connectivity index (χ0) is 15.0. The first kappa shape index (κ1) is 13.6. The first-order chi connectivity index (χ1) is 10.0. The predicted octanol–water partition coefficient (Wildman–Crippen LogP) is 2.31. The van der Waals surface area contributed by atoms with Crippen molar-refractivity contribution < 1.29 is 13.7 Å². The summed E-state index contributed by atoms with van der Waals surface area (Å²) >= 11 is 0. The summed E-state index contributed by atoms with van der Waals surface area (Å²) < 4.78 is 28.1. The van der Waals surface area contributed by atoms with Crippen molar-refractivity contribution in [1.82, 2.24) is 15.1 Å². The van der Waals surface area contributed by atoms with Crippen LogP contribution >= 0.6 is 0 Å². The molecule has 1 aromatic carbocycles. The molecule has 0 amide bonds. The maximum Gasteiger partial charge on any atom is 0.300 e. The molecular formula is C13H12F2N4O2. The van der Waals surface area contributed by atoms with Gasteiger partial charge in [0, 0.05) is 24.8 Å². The second-order valence-corrected chi connectivity index (χ2v) is 4.92. The van der Waals surface area contributed by atoms with Crippen molar-refractivity contribution in [2.75, 3.05) is 0 Å². The van der Waals surface area contributed by atoms with Gasteiger partial charge in [-0.1, -0.05) is 0 Å². The standard InChI is InChI=1S/C13H12F2N4O2/c14-8-5-11(15)13(12(6-8)19(20)21)18-4-3-10(17-18)7-16-9-1-2-9/h3-6,9,16H,1-2,7H2. The largest absolute Gasteiger partial charge is 0.308 e. The fourth-order valence-corrected chi connectivity index (χ4v) is 2.04. The molecule has 0 aliphatic heterocycles. The number of aromatic nitrogens is 2. The number of rotatable bonds is 5. The molecule has 0 saturated heterocycles. The highest BCUT2D eigenvalue weighted by Crippen LogP contribution is 2.27. The summed E-state index contributed by atoms with van der Waals surface area (Å²) in [5.41, 5.74) is -0.378. The third-order valence-corrected chi connectivity index (χ3v) is 3.23. The third kappa shape index (κ3) is 2.89. The molecule has 3 rings (SSSR count). The van der Waals surface area contributed by atoms with Gasteiger partial charge in [0.1, 0.15) is 5.82 Å². The molecule has 1 saturated carbocycles. The third-order valence-electron chi connectivity index (χ3n) is 3.23. The zero-order valence-electron chi connectivity index (χ0n) is 10.9. The van der Waals surface area contributed by atoms with Gasteiger partial charge in [-0.2, -0.15) is 5.10 Å². The van der Waals surface area contributed by atoms with Gasteiger partial charge in [0.25, 0.3) is 0 Å². The van der Waals surface area contributed by atoms with Crippen molar-refractivity contribution >= 4 is 5.69 Å². The van der Waals surface area contributed by atoms with Gasteiger partial charge in [0.05, 0.1) is 16.7 Å². The van der Waals surface area contributed by atoms with Gasteiger partial charge in [0.15, 0.2) is 11.5 Å². The van der Waals surface area contributed by atoms with E-state index in [-0.39, 0.29) is 5.69 Å². The second kappa shape index (κ2) is 5.21. The monoisotopic (exact) mass is 294 g/mol. The van der Waals surface area contributed by atoms with E-state index in [0.29, 0.717) is 30.4 Å². The molecule has 0 bridgehead atoms. The number of nitrogens with one attached hydrogen (secondary N) is 1. The highest BCUT2D eigenvalue weighted by Gasteiger charge is 2.24. The molecule has 110 valence electrons. The van der Waals surface area contributed by atoms with Crippen LogP contribution in [-0.2, 0) is 6.54 Å². The Hall–Kier alpha value is -2.35. The van der Waals surface area contributed by atoms with Gasteiger partial charge >= 0.3 is 5.69 Å². The van der Waals surface area contributed by atoms with E-state index in [2.05, 4.69) is 10.4 Å². The number of nitro groups is 1. The molecule has 1 heterocycles. The molecule has 1 aromatic heterocycles. The van der Waals surface area contributed by atoms with Crippen LogP contribution in [0.3, 0.4) is 0 Å². The van der Waals surface area contributed by atoms with Gasteiger partial charge in [-0.25, -0.2) is 13.5 Å². The smallest absolute Gasteiger partial charge is 0.300 e. The van der Waals surface area contributed by atoms with Gasteiger partial charge in [-0.3, -0.25) is 10.1 Å². The van der Waals surface area contributed by atoms with Crippen LogP contribution in [0.2, 0.25) is 0 Å². The van der Waals surface area contributed by atoms with Gasteiger partial charge < -0.3 is 5.32 Å². The van der Waals surface area contributed by atoms with Crippen LogP contribution in [0.1, 0.15) is 18.5 Å². The summed E-state index contributed by atoms with van der Waals surface area (Å²) in [6.45, 7) is 0.508. The van der Waals surface area contributed by atoms with Gasteiger partial charge in [0.2, 0.25) is 0 Å². The first-order valence-electron chi connectivity index (χ1n) is 6.46. The molecule has 8 heteroatoms. The molecule has 1 fully saturated rings. The summed E-state index contributed by atoms with van der Waals surface area (Å²) in [5.74, 6) is -2.02. The van der Waals surface area contributed by atoms with E-state index in [4.69, 9.17) is 0 Å². The maximum atomic E-state index is 13.9. The molecule has 2 aromatic rings. The van der Waals surface area contributed by atoms with Crippen LogP contribution in [-0.4, -0.2) is 20.7 Å². The predicted molar refractivity (Wildman–Crippen MR) is 70.0 cm³/mol. The minimum Gasteiger partial charge on any atom is -0.308 e. The van der Waals surface area contributed by atoms with Gasteiger partial charge in [-0.05, 0) is 18.9 Å². The molecule has 6 nitrogen and oxygen atoms in total. The topological polar surface area (TPSA) is 73.0 Å². The van der Waals surface area contributed by atoms with E-state index in [0.717, 1.165) is 17.5 Å². The van der Waals surface area contributed by atoms with Crippen molar-refractivity contribution in [2.45, 2.75) is 25.4 Å². The summed E-state index contributed by atoms with van der Waals surface area (Å²) in [7, 11) is 0. The quantitative estimate of drug-likeness (QED) is 0.678. The number of nitro benzene ring substituents is 1. The Bertz CT molecular complexity index is 697. The normalized spacial score (nSPS) is 14.4. The number of hydrogen-bond acceptors (Lipinski definition) is 4. The van der Waals surface area contributed by atoms with Crippen LogP contribution in [0.4, 0.5) is 14.5 Å². The molecule has 0 spiro atoms. The lowest BCUT2D eigenvalue weighted by atomic mass is 10.2. The Balaban J connectivity index is 1.93. The maximum absolute atomic E-state index is 13.9. The molecule has 1 aliphatic rings. The van der Waals surface area contributed by atoms with E-state index in [1.807, 2.05) is 0 Å². The number of nitrogens with zero attached hydrogens (tertiary/aromatic N) is 3. The van der Waals surface area contributed by atoms with E-state index in [9.17, 15) is 18.9 Å². The first-order valence-corrected chi connectivity index (χ1v) is 6.46. The Morgan fingerprint density at radius 3 is 2.86 bits per heavy atom. The van der Waals surface area contributed by atoms with Gasteiger partial charge in [-0.15, -0.1) is 0 Å². The molecule has 21 heavy (non-hydrogen) atoms. The number of halogens is 2. The fraction of sp³-hybridized carbons (Fsp3) is 0.308. The second-order valence-electron chi connectivity index (χ2n) is 4.92. The Morgan fingerprint density at radius 1 is 1.43 bits per heavy atom. The Morgan fingerprint density at radius 2 is 2.19 bits per heavy atom. The minimum absolute atomic E-state index is 0.362. The molecule has 1 aliphatic carbocycles. The average Bonchev–Trinajstić information content (AvgIpc) is 3.14. The summed E-state index contributed by atoms with van der Waals surface area (Å²) in [6, 6.07) is 3.42. The van der Waals surface area contributed by atoms with E-state index < -0.39 is 22.2 Å². The van der Waals surface area contributed by atoms with Crippen molar-refractivity contribution in [3.8, 4) is 5.69 Å². The summed E-state index contributed by atoms with van der Waals surface area (Å²) in [4.78, 5) is 10.1. The van der Waals surface area contributed by atoms with Crippen molar-refractivity contribution in [1.29, 1.82) is 0 Å². The van der Waals surface area contributed by atoms with E-state index in [1.54, 1.807) is 6.07 Å². The fourth-order valence-electron chi connectivity index (χ4n) is 2.04. The van der Waals surface area contributed by atoms with Crippen LogP contribution in [0.25, 0.3) is 5.69 Å². The summed E-state index contributed by atoms with van der Waals surface area (Å²) in [6.07, 6.45) is 3.67. The molecule has 0 atom stereocenters. The minimum atomic E-state index is -1.02. The summed E-state index contributed by atoms with van der Waals surface area (Å²) in [5, 5.41) is 18.3. The lowest BCUT2D eigenvalue weighted by molar-refractivity contribution is -0.385. The van der Waals surface area contributed by atoms with Crippen LogP contribution in [0, 0.1) is 21.7 Å². The lowest BCUT2D eigenvalue weighted by Gasteiger charge is -2.05. The number of benzene rings is 1. The average molecular weight is 294 g/mol. The van der Waals surface area contributed by atoms with Crippen LogP contribution < -0.4 is 5.32 Å². The van der Waals surface area contributed by atoms with Crippen molar-refractivity contribution in [3.05, 3.63) is 51.8 Å². The van der Waals surface area contributed by atoms with Crippen molar-refractivity contribution in [2.24, 2.45) is 0 Å². The Labute approximate surface area is 118 Å². The van der Waals surface area contributed by atoms with E-state index >= 15 is 0 Å². The zero-order valence-corrected chi connectivity index (χ0v) is 10.9. The molecular weight excluding hydrogens is 282 g/mol. The van der Waals surface area contributed by atoms with E-state index in [1.165, 1.54) is 6.20 Å². The lowest BCUT2D eigenvalue weighted by Crippen LogP contribution is -2.16. The highest BCUT2D eigenvalue weighted by atomic mass is 19.1. The van der Waals surface area contributed by atoms with Crippen LogP contribution in [0.15, 0.2) is 24.4 Å². The molecule has 0 radical (unpaired) electrons. The number of hydrogen-bond donors (Lipinski definition) is 1. The SMILES string of the molecule is O=[N+]([O-])c1cc(F)cc(F)c1-n1ccc(CNC2CC2)n1. The Kier molecular flexibility index (Phi) is 3.38. The van der Waals surface area contributed by atoms with Crippen molar-refractivity contribution in [3.63, 3.8) is 0 Å². The molecule has 1 N–H and O–H groups in total.